The Morgan fingerprint density at radius 3 is 2.63 bits per heavy atom. The Morgan fingerprint density at radius 2 is 2.05 bits per heavy atom. The SMILES string of the molecule is CCCNC(C#N)(CCSCCO)c1ccccc1. The summed E-state index contributed by atoms with van der Waals surface area (Å²) in [6.07, 6.45) is 1.75. The highest BCUT2D eigenvalue weighted by Gasteiger charge is 2.30. The van der Waals surface area contributed by atoms with Crippen LogP contribution in [0.5, 0.6) is 0 Å². The first-order valence-electron chi connectivity index (χ1n) is 6.69. The lowest BCUT2D eigenvalue weighted by molar-refractivity contribution is 0.322. The molecule has 0 spiro atoms. The fourth-order valence-corrected chi connectivity index (χ4v) is 2.73. The Bertz CT molecular complexity index is 391. The van der Waals surface area contributed by atoms with Gasteiger partial charge in [-0.15, -0.1) is 0 Å². The summed E-state index contributed by atoms with van der Waals surface area (Å²) in [4.78, 5) is 0. The van der Waals surface area contributed by atoms with Crippen LogP contribution in [0.2, 0.25) is 0 Å². The highest BCUT2D eigenvalue weighted by atomic mass is 32.2. The molecule has 0 amide bonds. The van der Waals surface area contributed by atoms with Crippen LogP contribution in [0.3, 0.4) is 0 Å². The van der Waals surface area contributed by atoms with Gasteiger partial charge < -0.3 is 5.11 Å². The number of hydrogen-bond donors (Lipinski definition) is 2. The molecule has 1 unspecified atom stereocenters. The summed E-state index contributed by atoms with van der Waals surface area (Å²) in [6, 6.07) is 12.4. The molecule has 1 aromatic carbocycles. The molecule has 0 saturated carbocycles. The van der Waals surface area contributed by atoms with Gasteiger partial charge in [-0.2, -0.15) is 17.0 Å². The van der Waals surface area contributed by atoms with Gasteiger partial charge >= 0.3 is 0 Å². The number of rotatable bonds is 9. The van der Waals surface area contributed by atoms with Crippen LogP contribution < -0.4 is 5.32 Å². The van der Waals surface area contributed by atoms with E-state index in [1.54, 1.807) is 11.8 Å². The third kappa shape index (κ3) is 4.87. The fourth-order valence-electron chi connectivity index (χ4n) is 1.95. The Morgan fingerprint density at radius 1 is 1.32 bits per heavy atom. The van der Waals surface area contributed by atoms with Crippen LogP contribution >= 0.6 is 11.8 Å². The molecule has 2 N–H and O–H groups in total. The highest BCUT2D eigenvalue weighted by molar-refractivity contribution is 7.99. The van der Waals surface area contributed by atoms with E-state index in [-0.39, 0.29) is 6.61 Å². The lowest BCUT2D eigenvalue weighted by atomic mass is 9.88. The third-order valence-corrected chi connectivity index (χ3v) is 3.96. The Labute approximate surface area is 120 Å². The number of thioether (sulfide) groups is 1. The van der Waals surface area contributed by atoms with Gasteiger partial charge in [0.2, 0.25) is 0 Å². The third-order valence-electron chi connectivity index (χ3n) is 2.99. The molecule has 0 aromatic heterocycles. The maximum absolute atomic E-state index is 9.64. The predicted molar refractivity (Wildman–Crippen MR) is 81.1 cm³/mol. The van der Waals surface area contributed by atoms with Crippen molar-refractivity contribution in [3.8, 4) is 6.07 Å². The largest absolute Gasteiger partial charge is 0.396 e. The summed E-state index contributed by atoms with van der Waals surface area (Å²) < 4.78 is 0. The number of benzene rings is 1. The monoisotopic (exact) mass is 278 g/mol. The molecule has 104 valence electrons. The van der Waals surface area contributed by atoms with Crippen molar-refractivity contribution in [2.75, 3.05) is 24.7 Å². The minimum absolute atomic E-state index is 0.192. The van der Waals surface area contributed by atoms with E-state index in [4.69, 9.17) is 5.11 Å². The van der Waals surface area contributed by atoms with Crippen molar-refractivity contribution in [2.45, 2.75) is 25.3 Å². The zero-order valence-corrected chi connectivity index (χ0v) is 12.2. The van der Waals surface area contributed by atoms with Crippen LogP contribution in [-0.4, -0.2) is 29.8 Å². The number of aliphatic hydroxyl groups excluding tert-OH is 1. The molecule has 3 nitrogen and oxygen atoms in total. The topological polar surface area (TPSA) is 56.0 Å². The van der Waals surface area contributed by atoms with Crippen molar-refractivity contribution in [3.63, 3.8) is 0 Å². The second kappa shape index (κ2) is 8.98. The van der Waals surface area contributed by atoms with Gasteiger partial charge in [0.25, 0.3) is 0 Å². The molecule has 19 heavy (non-hydrogen) atoms. The Balaban J connectivity index is 2.80. The van der Waals surface area contributed by atoms with E-state index >= 15 is 0 Å². The lowest BCUT2D eigenvalue weighted by Gasteiger charge is -2.28. The van der Waals surface area contributed by atoms with E-state index in [2.05, 4.69) is 18.3 Å². The number of hydrogen-bond acceptors (Lipinski definition) is 4. The maximum atomic E-state index is 9.64. The first-order chi connectivity index (χ1) is 9.29. The van der Waals surface area contributed by atoms with Crippen molar-refractivity contribution in [2.24, 2.45) is 0 Å². The number of aliphatic hydroxyl groups is 1. The quantitative estimate of drug-likeness (QED) is 0.682. The number of nitriles is 1. The Hall–Kier alpha value is -1.02. The van der Waals surface area contributed by atoms with E-state index < -0.39 is 5.54 Å². The van der Waals surface area contributed by atoms with Gasteiger partial charge in [0, 0.05) is 5.75 Å². The molecule has 0 fully saturated rings. The van der Waals surface area contributed by atoms with Crippen molar-refractivity contribution >= 4 is 11.8 Å². The van der Waals surface area contributed by atoms with Crippen molar-refractivity contribution in [3.05, 3.63) is 35.9 Å². The summed E-state index contributed by atoms with van der Waals surface area (Å²) >= 11 is 1.68. The molecule has 1 atom stereocenters. The molecule has 0 aliphatic heterocycles. The molecule has 0 saturated heterocycles. The highest BCUT2D eigenvalue weighted by Crippen LogP contribution is 2.26. The van der Waals surface area contributed by atoms with Crippen molar-refractivity contribution in [1.82, 2.24) is 5.32 Å². The molecular weight excluding hydrogens is 256 g/mol. The van der Waals surface area contributed by atoms with Crippen LogP contribution in [0.15, 0.2) is 30.3 Å². The second-order valence-corrected chi connectivity index (χ2v) is 5.62. The average Bonchev–Trinajstić information content (AvgIpc) is 2.48. The first-order valence-corrected chi connectivity index (χ1v) is 7.85. The zero-order chi connectivity index (χ0) is 14.0. The molecule has 0 radical (unpaired) electrons. The molecular formula is C15H22N2OS. The molecule has 0 bridgehead atoms. The van der Waals surface area contributed by atoms with Gasteiger partial charge in [0.05, 0.1) is 12.7 Å². The average molecular weight is 278 g/mol. The smallest absolute Gasteiger partial charge is 0.133 e. The molecule has 0 heterocycles. The number of nitrogens with one attached hydrogen (secondary N) is 1. The van der Waals surface area contributed by atoms with Gasteiger partial charge in [-0.3, -0.25) is 5.32 Å². The lowest BCUT2D eigenvalue weighted by Crippen LogP contribution is -2.42. The molecule has 0 aliphatic rings. The van der Waals surface area contributed by atoms with Crippen LogP contribution in [0.25, 0.3) is 0 Å². The van der Waals surface area contributed by atoms with E-state index in [0.717, 1.165) is 36.5 Å². The molecule has 1 aromatic rings. The van der Waals surface area contributed by atoms with Gasteiger partial charge in [-0.25, -0.2) is 0 Å². The predicted octanol–water partition coefficient (Wildman–Crippen LogP) is 2.52. The van der Waals surface area contributed by atoms with Crippen molar-refractivity contribution < 1.29 is 5.11 Å². The normalized spacial score (nSPS) is 13.7. The van der Waals surface area contributed by atoms with Gasteiger partial charge in [-0.05, 0) is 30.7 Å². The fraction of sp³-hybridized carbons (Fsp3) is 0.533. The van der Waals surface area contributed by atoms with Crippen LogP contribution in [0, 0.1) is 11.3 Å². The minimum Gasteiger partial charge on any atom is -0.396 e. The summed E-state index contributed by atoms with van der Waals surface area (Å²) in [6.45, 7) is 3.12. The molecule has 1 rings (SSSR count). The summed E-state index contributed by atoms with van der Waals surface area (Å²) in [5.41, 5.74) is 0.412. The van der Waals surface area contributed by atoms with Crippen molar-refractivity contribution in [1.29, 1.82) is 5.26 Å². The van der Waals surface area contributed by atoms with Crippen LogP contribution in [0.1, 0.15) is 25.3 Å². The van der Waals surface area contributed by atoms with Gasteiger partial charge in [0.15, 0.2) is 0 Å². The standard InChI is InChI=1S/C15H22N2OS/c1-2-9-17-15(13-16,8-11-19-12-10-18)14-6-4-3-5-7-14/h3-7,17-18H,2,8-12H2,1H3. The first kappa shape index (κ1) is 16.0. The second-order valence-electron chi connectivity index (χ2n) is 4.40. The van der Waals surface area contributed by atoms with E-state index in [0.29, 0.717) is 0 Å². The Kier molecular flexibility index (Phi) is 7.57. The van der Waals surface area contributed by atoms with E-state index in [1.807, 2.05) is 30.3 Å². The van der Waals surface area contributed by atoms with E-state index in [9.17, 15) is 5.26 Å². The maximum Gasteiger partial charge on any atom is 0.133 e. The summed E-state index contributed by atoms with van der Waals surface area (Å²) in [5, 5.41) is 21.8. The summed E-state index contributed by atoms with van der Waals surface area (Å²) in [5.74, 6) is 1.59. The van der Waals surface area contributed by atoms with Gasteiger partial charge in [0.1, 0.15) is 5.54 Å². The summed E-state index contributed by atoms with van der Waals surface area (Å²) in [7, 11) is 0. The molecule has 4 heteroatoms. The van der Waals surface area contributed by atoms with E-state index in [1.165, 1.54) is 0 Å². The van der Waals surface area contributed by atoms with Crippen LogP contribution in [-0.2, 0) is 5.54 Å². The molecule has 0 aliphatic carbocycles. The number of nitrogens with zero attached hydrogens (tertiary/aromatic N) is 1. The zero-order valence-electron chi connectivity index (χ0n) is 11.4. The van der Waals surface area contributed by atoms with Gasteiger partial charge in [-0.1, -0.05) is 37.3 Å². The van der Waals surface area contributed by atoms with Crippen LogP contribution in [0.4, 0.5) is 0 Å². The minimum atomic E-state index is -0.611.